The number of rotatable bonds is 5. The lowest BCUT2D eigenvalue weighted by Crippen LogP contribution is -2.32. The molecule has 0 aliphatic carbocycles. The molecule has 0 spiro atoms. The molecule has 0 radical (unpaired) electrons. The first-order chi connectivity index (χ1) is 11.5. The van der Waals surface area contributed by atoms with Crippen molar-refractivity contribution in [2.45, 2.75) is 51.6 Å². The maximum atomic E-state index is 12.3. The Morgan fingerprint density at radius 1 is 1.24 bits per heavy atom. The topological polar surface area (TPSA) is 72.9 Å². The number of nitrogens with two attached hydrogens (primary N) is 1. The van der Waals surface area contributed by atoms with Gasteiger partial charge in [0.15, 0.2) is 0 Å². The summed E-state index contributed by atoms with van der Waals surface area (Å²) in [5.41, 5.74) is 10.2. The van der Waals surface area contributed by atoms with Gasteiger partial charge in [0.25, 0.3) is 5.91 Å². The van der Waals surface area contributed by atoms with Crippen LogP contribution in [0.15, 0.2) is 30.3 Å². The van der Waals surface area contributed by atoms with E-state index < -0.39 is 0 Å². The lowest BCUT2D eigenvalue weighted by atomic mass is 9.99. The molecule has 1 aliphatic rings. The molecule has 3 rings (SSSR count). The number of halogens is 1. The quantitative estimate of drug-likeness (QED) is 0.857. The summed E-state index contributed by atoms with van der Waals surface area (Å²) < 4.78 is 1.95. The van der Waals surface area contributed by atoms with E-state index in [-0.39, 0.29) is 24.4 Å². The highest BCUT2D eigenvalue weighted by Crippen LogP contribution is 2.18. The van der Waals surface area contributed by atoms with E-state index in [0.29, 0.717) is 18.2 Å². The Bertz CT molecular complexity index is 685. The van der Waals surface area contributed by atoms with Gasteiger partial charge in [-0.1, -0.05) is 38.1 Å². The number of benzene rings is 1. The summed E-state index contributed by atoms with van der Waals surface area (Å²) in [4.78, 5) is 12.3. The third-order valence-electron chi connectivity index (χ3n) is 4.66. The number of nitrogens with one attached hydrogen (secondary N) is 1. The van der Waals surface area contributed by atoms with Gasteiger partial charge in [0.1, 0.15) is 5.69 Å². The lowest BCUT2D eigenvalue weighted by molar-refractivity contribution is 0.0945. The summed E-state index contributed by atoms with van der Waals surface area (Å²) in [7, 11) is 0. The Labute approximate surface area is 155 Å². The fourth-order valence-corrected chi connectivity index (χ4v) is 3.07. The first kappa shape index (κ1) is 19.5. The molecule has 0 saturated carbocycles. The molecule has 136 valence electrons. The van der Waals surface area contributed by atoms with Gasteiger partial charge in [-0.2, -0.15) is 5.10 Å². The van der Waals surface area contributed by atoms with Gasteiger partial charge < -0.3 is 11.1 Å². The summed E-state index contributed by atoms with van der Waals surface area (Å²) in [5.74, 6) is 0.355. The summed E-state index contributed by atoms with van der Waals surface area (Å²) in [6.45, 7) is 5.64. The van der Waals surface area contributed by atoms with Crippen LogP contribution in [0, 0.1) is 0 Å². The van der Waals surface area contributed by atoms with Crippen LogP contribution in [0.25, 0.3) is 0 Å². The van der Waals surface area contributed by atoms with Crippen molar-refractivity contribution in [2.24, 2.45) is 5.73 Å². The Balaban J connectivity index is 0.00000225. The number of hydrogen-bond donors (Lipinski definition) is 2. The molecule has 3 N–H and O–H groups in total. The van der Waals surface area contributed by atoms with Gasteiger partial charge in [0.05, 0.1) is 0 Å². The molecule has 2 heterocycles. The molecule has 2 aromatic rings. The van der Waals surface area contributed by atoms with E-state index >= 15 is 0 Å². The number of hydrogen-bond acceptors (Lipinski definition) is 3. The second-order valence-corrected chi connectivity index (χ2v) is 6.84. The maximum absolute atomic E-state index is 12.3. The predicted molar refractivity (Wildman–Crippen MR) is 102 cm³/mol. The predicted octanol–water partition coefficient (Wildman–Crippen LogP) is 3.19. The second-order valence-electron chi connectivity index (χ2n) is 6.84. The van der Waals surface area contributed by atoms with Gasteiger partial charge in [-0.3, -0.25) is 9.48 Å². The monoisotopic (exact) mass is 362 g/mol. The van der Waals surface area contributed by atoms with Gasteiger partial charge in [0.2, 0.25) is 0 Å². The molecule has 0 fully saturated rings. The van der Waals surface area contributed by atoms with Crippen molar-refractivity contribution < 1.29 is 4.79 Å². The number of carbonyl (C=O) groups excluding carboxylic acids is 1. The summed E-state index contributed by atoms with van der Waals surface area (Å²) in [5, 5.41) is 7.30. The highest BCUT2D eigenvalue weighted by atomic mass is 35.5. The Kier molecular flexibility index (Phi) is 6.62. The van der Waals surface area contributed by atoms with Crippen LogP contribution >= 0.6 is 12.4 Å². The molecule has 6 heteroatoms. The Hall–Kier alpha value is -1.85. The van der Waals surface area contributed by atoms with Crippen molar-refractivity contribution in [3.63, 3.8) is 0 Å². The summed E-state index contributed by atoms with van der Waals surface area (Å²) >= 11 is 0. The van der Waals surface area contributed by atoms with E-state index in [0.717, 1.165) is 30.6 Å². The maximum Gasteiger partial charge on any atom is 0.271 e. The number of amides is 1. The number of aromatic nitrogens is 2. The van der Waals surface area contributed by atoms with Crippen LogP contribution in [-0.4, -0.2) is 22.2 Å². The third-order valence-corrected chi connectivity index (χ3v) is 4.66. The molecule has 1 amide bonds. The summed E-state index contributed by atoms with van der Waals surface area (Å²) in [6.07, 6.45) is 3.30. The highest BCUT2D eigenvalue weighted by molar-refractivity contribution is 5.92. The van der Waals surface area contributed by atoms with E-state index in [2.05, 4.69) is 36.4 Å². The van der Waals surface area contributed by atoms with Crippen LogP contribution in [-0.2, 0) is 13.0 Å². The Morgan fingerprint density at radius 3 is 2.56 bits per heavy atom. The lowest BCUT2D eigenvalue weighted by Gasteiger charge is -2.14. The molecule has 1 aromatic heterocycles. The zero-order valence-corrected chi connectivity index (χ0v) is 15.7. The minimum Gasteiger partial charge on any atom is -0.349 e. The molecular formula is C19H27ClN4O. The fraction of sp³-hybridized carbons (Fsp3) is 0.474. The van der Waals surface area contributed by atoms with Gasteiger partial charge in [-0.25, -0.2) is 0 Å². The van der Waals surface area contributed by atoms with E-state index in [1.54, 1.807) is 0 Å². The van der Waals surface area contributed by atoms with Crippen molar-refractivity contribution in [2.75, 3.05) is 6.54 Å². The van der Waals surface area contributed by atoms with E-state index in [4.69, 9.17) is 5.73 Å². The fourth-order valence-electron chi connectivity index (χ4n) is 3.07. The number of aryl methyl sites for hydroxylation is 2. The SMILES string of the molecule is CC(C)c1ccc(C(N)CNC(=O)c2cc3n(n2)CCCC3)cc1.Cl. The van der Waals surface area contributed by atoms with Crippen LogP contribution in [0.5, 0.6) is 0 Å². The molecule has 5 nitrogen and oxygen atoms in total. The van der Waals surface area contributed by atoms with Crippen LogP contribution < -0.4 is 11.1 Å². The molecule has 1 aliphatic heterocycles. The molecule has 25 heavy (non-hydrogen) atoms. The molecule has 0 bridgehead atoms. The van der Waals surface area contributed by atoms with E-state index in [1.807, 2.05) is 22.9 Å². The zero-order chi connectivity index (χ0) is 17.1. The number of nitrogens with zero attached hydrogens (tertiary/aromatic N) is 2. The molecular weight excluding hydrogens is 336 g/mol. The van der Waals surface area contributed by atoms with Gasteiger partial charge in [-0.05, 0) is 42.4 Å². The van der Waals surface area contributed by atoms with Crippen LogP contribution in [0.4, 0.5) is 0 Å². The average Bonchev–Trinajstić information content (AvgIpc) is 3.03. The van der Waals surface area contributed by atoms with E-state index in [9.17, 15) is 4.79 Å². The summed E-state index contributed by atoms with van der Waals surface area (Å²) in [6, 6.07) is 9.98. The van der Waals surface area contributed by atoms with E-state index in [1.165, 1.54) is 12.0 Å². The molecule has 0 saturated heterocycles. The van der Waals surface area contributed by atoms with Crippen molar-refractivity contribution in [3.8, 4) is 0 Å². The largest absolute Gasteiger partial charge is 0.349 e. The normalized spacial score (nSPS) is 14.6. The minimum atomic E-state index is -0.215. The van der Waals surface area contributed by atoms with Gasteiger partial charge in [0, 0.05) is 24.8 Å². The van der Waals surface area contributed by atoms with Gasteiger partial charge >= 0.3 is 0 Å². The minimum absolute atomic E-state index is 0. The first-order valence-corrected chi connectivity index (χ1v) is 8.75. The smallest absolute Gasteiger partial charge is 0.271 e. The number of fused-ring (bicyclic) bond motifs is 1. The first-order valence-electron chi connectivity index (χ1n) is 8.75. The third kappa shape index (κ3) is 4.61. The number of carbonyl (C=O) groups is 1. The van der Waals surface area contributed by atoms with Crippen molar-refractivity contribution in [1.29, 1.82) is 0 Å². The highest BCUT2D eigenvalue weighted by Gasteiger charge is 2.17. The molecule has 1 atom stereocenters. The van der Waals surface area contributed by atoms with Crippen LogP contribution in [0.1, 0.15) is 66.0 Å². The zero-order valence-electron chi connectivity index (χ0n) is 14.9. The van der Waals surface area contributed by atoms with Crippen molar-refractivity contribution in [1.82, 2.24) is 15.1 Å². The molecule has 1 unspecified atom stereocenters. The van der Waals surface area contributed by atoms with Crippen molar-refractivity contribution >= 4 is 18.3 Å². The van der Waals surface area contributed by atoms with Crippen molar-refractivity contribution in [3.05, 3.63) is 52.8 Å². The standard InChI is InChI=1S/C19H26N4O.ClH/c1-13(2)14-6-8-15(9-7-14)17(20)12-21-19(24)18-11-16-5-3-4-10-23(16)22-18;/h6-9,11,13,17H,3-5,10,12,20H2,1-2H3,(H,21,24);1H. The van der Waals surface area contributed by atoms with Crippen LogP contribution in [0.3, 0.4) is 0 Å². The van der Waals surface area contributed by atoms with Crippen LogP contribution in [0.2, 0.25) is 0 Å². The Morgan fingerprint density at radius 2 is 1.92 bits per heavy atom. The second kappa shape index (κ2) is 8.50. The average molecular weight is 363 g/mol. The van der Waals surface area contributed by atoms with Gasteiger partial charge in [-0.15, -0.1) is 12.4 Å². The molecule has 1 aromatic carbocycles.